The topological polar surface area (TPSA) is 117 Å². The fourth-order valence-electron chi connectivity index (χ4n) is 4.02. The van der Waals surface area contributed by atoms with Crippen molar-refractivity contribution in [2.24, 2.45) is 0 Å². The number of rotatable bonds is 10. The number of aromatic nitrogens is 5. The maximum atomic E-state index is 5.46. The largest absolute Gasteiger partial charge is 0.497 e. The number of hydrogen-bond donors (Lipinski definition) is 2. The molecule has 2 heterocycles. The third-order valence-electron chi connectivity index (χ3n) is 5.84. The van der Waals surface area contributed by atoms with Gasteiger partial charge in [0.05, 0.1) is 39.5 Å². The first-order valence-electron chi connectivity index (χ1n) is 11.7. The minimum absolute atomic E-state index is 0.322. The Morgan fingerprint density at radius 1 is 0.789 bits per heavy atom. The van der Waals surface area contributed by atoms with Gasteiger partial charge in [-0.2, -0.15) is 4.98 Å². The van der Waals surface area contributed by atoms with Crippen LogP contribution in [0.4, 0.5) is 17.6 Å². The molecule has 0 unspecified atom stereocenters. The summed E-state index contributed by atoms with van der Waals surface area (Å²) in [6, 6.07) is 19.3. The summed E-state index contributed by atoms with van der Waals surface area (Å²) in [7, 11) is 6.30. The van der Waals surface area contributed by atoms with Crippen molar-refractivity contribution < 1.29 is 18.9 Å². The summed E-state index contributed by atoms with van der Waals surface area (Å²) in [6.07, 6.45) is 1.44. The maximum absolute atomic E-state index is 5.46. The number of benzene rings is 3. The van der Waals surface area contributed by atoms with Crippen LogP contribution in [-0.2, 0) is 6.54 Å². The zero-order chi connectivity index (χ0) is 26.5. The molecule has 5 rings (SSSR count). The Hall–Kier alpha value is -5.06. The number of anilines is 3. The molecule has 5 aromatic rings. The van der Waals surface area contributed by atoms with Crippen molar-refractivity contribution >= 4 is 28.6 Å². The Morgan fingerprint density at radius 2 is 1.55 bits per heavy atom. The number of nitrogens with one attached hydrogen (secondary N) is 2. The molecular weight excluding hydrogens is 486 g/mol. The van der Waals surface area contributed by atoms with E-state index in [4.69, 9.17) is 23.9 Å². The lowest BCUT2D eigenvalue weighted by Crippen LogP contribution is -2.10. The van der Waals surface area contributed by atoms with Gasteiger partial charge in [0, 0.05) is 30.4 Å². The quantitative estimate of drug-likeness (QED) is 0.274. The van der Waals surface area contributed by atoms with Crippen molar-refractivity contribution in [3.05, 3.63) is 72.6 Å². The zero-order valence-electron chi connectivity index (χ0n) is 21.4. The molecule has 0 amide bonds. The van der Waals surface area contributed by atoms with Gasteiger partial charge in [-0.15, -0.1) is 0 Å². The molecule has 0 aliphatic rings. The number of nitrogens with zero attached hydrogens (tertiary/aromatic N) is 5. The summed E-state index contributed by atoms with van der Waals surface area (Å²) >= 11 is 0. The van der Waals surface area contributed by atoms with Gasteiger partial charge in [0.25, 0.3) is 0 Å². The molecule has 38 heavy (non-hydrogen) atoms. The van der Waals surface area contributed by atoms with Crippen LogP contribution >= 0.6 is 0 Å². The lowest BCUT2D eigenvalue weighted by atomic mass is 10.2. The highest BCUT2D eigenvalue weighted by molar-refractivity contribution is 5.82. The molecule has 0 aliphatic heterocycles. The van der Waals surface area contributed by atoms with Gasteiger partial charge < -0.3 is 29.6 Å². The normalized spacial score (nSPS) is 10.7. The summed E-state index contributed by atoms with van der Waals surface area (Å²) in [5, 5.41) is 6.61. The standard InChI is InChI=1S/C27H27N7O4/c1-35-19-10-11-20-21(14-19)34(26(32-20)28-15-17-8-6-5-7-9-17)27-30-16-29-25(33-27)31-18-12-22(36-2)24(38-4)23(13-18)37-3/h5-14,16H,15H2,1-4H3,(H,28,32)(H,29,30,31,33). The van der Waals surface area contributed by atoms with Crippen molar-refractivity contribution in [1.29, 1.82) is 0 Å². The summed E-state index contributed by atoms with van der Waals surface area (Å²) in [4.78, 5) is 18.2. The van der Waals surface area contributed by atoms with Gasteiger partial charge in [0.1, 0.15) is 12.1 Å². The van der Waals surface area contributed by atoms with Crippen LogP contribution in [0, 0.1) is 0 Å². The van der Waals surface area contributed by atoms with Crippen LogP contribution in [0.5, 0.6) is 23.0 Å². The molecule has 2 N–H and O–H groups in total. The minimum atomic E-state index is 0.322. The molecule has 0 aliphatic carbocycles. The highest BCUT2D eigenvalue weighted by atomic mass is 16.5. The molecule has 194 valence electrons. The highest BCUT2D eigenvalue weighted by Gasteiger charge is 2.18. The molecule has 11 nitrogen and oxygen atoms in total. The third kappa shape index (κ3) is 4.94. The SMILES string of the molecule is COc1ccc2nc(NCc3ccccc3)n(-c3ncnc(Nc4cc(OC)c(OC)c(OC)c4)n3)c2c1. The third-order valence-corrected chi connectivity index (χ3v) is 5.84. The van der Waals surface area contributed by atoms with Crippen molar-refractivity contribution in [2.45, 2.75) is 6.54 Å². The van der Waals surface area contributed by atoms with Crippen molar-refractivity contribution in [2.75, 3.05) is 39.1 Å². The Kier molecular flexibility index (Phi) is 7.07. The summed E-state index contributed by atoms with van der Waals surface area (Å²) in [5.41, 5.74) is 3.31. The van der Waals surface area contributed by atoms with E-state index in [1.807, 2.05) is 53.1 Å². The molecule has 11 heteroatoms. The van der Waals surface area contributed by atoms with Gasteiger partial charge in [-0.3, -0.25) is 0 Å². The van der Waals surface area contributed by atoms with Crippen LogP contribution in [0.25, 0.3) is 17.0 Å². The second-order valence-electron chi connectivity index (χ2n) is 8.11. The van der Waals surface area contributed by atoms with Crippen LogP contribution in [-0.4, -0.2) is 52.9 Å². The average Bonchev–Trinajstić information content (AvgIpc) is 3.33. The molecule has 0 saturated heterocycles. The first-order valence-corrected chi connectivity index (χ1v) is 11.7. The van der Waals surface area contributed by atoms with Gasteiger partial charge in [-0.25, -0.2) is 19.5 Å². The number of fused-ring (bicyclic) bond motifs is 1. The van der Waals surface area contributed by atoms with Crippen molar-refractivity contribution in [1.82, 2.24) is 24.5 Å². The highest BCUT2D eigenvalue weighted by Crippen LogP contribution is 2.40. The van der Waals surface area contributed by atoms with E-state index in [9.17, 15) is 0 Å². The van der Waals surface area contributed by atoms with Gasteiger partial charge in [0.15, 0.2) is 11.5 Å². The van der Waals surface area contributed by atoms with E-state index in [1.165, 1.54) is 6.33 Å². The second-order valence-corrected chi connectivity index (χ2v) is 8.11. The zero-order valence-corrected chi connectivity index (χ0v) is 21.4. The Bertz CT molecular complexity index is 1530. The van der Waals surface area contributed by atoms with Crippen LogP contribution in [0.2, 0.25) is 0 Å². The first kappa shape index (κ1) is 24.6. The molecule has 0 radical (unpaired) electrons. The molecule has 0 bridgehead atoms. The smallest absolute Gasteiger partial charge is 0.241 e. The van der Waals surface area contributed by atoms with Gasteiger partial charge >= 0.3 is 0 Å². The molecular formula is C27H27N7O4. The minimum Gasteiger partial charge on any atom is -0.497 e. The van der Waals surface area contributed by atoms with Crippen LogP contribution in [0.15, 0.2) is 67.0 Å². The van der Waals surface area contributed by atoms with E-state index in [2.05, 4.69) is 25.6 Å². The molecule has 0 spiro atoms. The molecule has 0 fully saturated rings. The summed E-state index contributed by atoms with van der Waals surface area (Å²) in [6.45, 7) is 0.572. The maximum Gasteiger partial charge on any atom is 0.241 e. The lowest BCUT2D eigenvalue weighted by Gasteiger charge is -2.15. The Balaban J connectivity index is 1.54. The second kappa shape index (κ2) is 10.9. The van der Waals surface area contributed by atoms with E-state index in [0.29, 0.717) is 53.1 Å². The van der Waals surface area contributed by atoms with Gasteiger partial charge in [-0.1, -0.05) is 30.3 Å². The predicted octanol–water partition coefficient (Wildman–Crippen LogP) is 4.60. The van der Waals surface area contributed by atoms with Crippen molar-refractivity contribution in [3.63, 3.8) is 0 Å². The number of imidazole rings is 1. The molecule has 0 atom stereocenters. The molecule has 0 saturated carbocycles. The van der Waals surface area contributed by atoms with Crippen molar-refractivity contribution in [3.8, 4) is 28.9 Å². The van der Waals surface area contributed by atoms with E-state index >= 15 is 0 Å². The van der Waals surface area contributed by atoms with Gasteiger partial charge in [0.2, 0.25) is 23.6 Å². The number of methoxy groups -OCH3 is 4. The van der Waals surface area contributed by atoms with E-state index in [1.54, 1.807) is 40.6 Å². The fraction of sp³-hybridized carbons (Fsp3) is 0.185. The Labute approximate surface area is 219 Å². The van der Waals surface area contributed by atoms with Crippen LogP contribution < -0.4 is 29.6 Å². The summed E-state index contributed by atoms with van der Waals surface area (Å²) in [5.74, 6) is 3.47. The van der Waals surface area contributed by atoms with Gasteiger partial charge in [-0.05, 0) is 17.7 Å². The lowest BCUT2D eigenvalue weighted by molar-refractivity contribution is 0.324. The summed E-state index contributed by atoms with van der Waals surface area (Å²) < 4.78 is 23.6. The first-order chi connectivity index (χ1) is 18.6. The van der Waals surface area contributed by atoms with Crippen LogP contribution in [0.1, 0.15) is 5.56 Å². The molecule has 3 aromatic carbocycles. The average molecular weight is 514 g/mol. The monoisotopic (exact) mass is 513 g/mol. The fourth-order valence-corrected chi connectivity index (χ4v) is 4.02. The number of hydrogen-bond acceptors (Lipinski definition) is 10. The van der Waals surface area contributed by atoms with E-state index < -0.39 is 0 Å². The van der Waals surface area contributed by atoms with E-state index in [0.717, 1.165) is 16.6 Å². The number of ether oxygens (including phenoxy) is 4. The predicted molar refractivity (Wildman–Crippen MR) is 144 cm³/mol. The van der Waals surface area contributed by atoms with E-state index in [-0.39, 0.29) is 0 Å². The van der Waals surface area contributed by atoms with Crippen LogP contribution in [0.3, 0.4) is 0 Å². The molecule has 2 aromatic heterocycles. The Morgan fingerprint density at radius 3 is 2.24 bits per heavy atom.